The van der Waals surface area contributed by atoms with Crippen molar-refractivity contribution in [1.29, 1.82) is 0 Å². The minimum Gasteiger partial charge on any atom is -0.480 e. The maximum atomic E-state index is 11.1. The summed E-state index contributed by atoms with van der Waals surface area (Å²) in [4.78, 5) is 21.6. The van der Waals surface area contributed by atoms with E-state index >= 15 is 0 Å². The number of carbonyl (C=O) groups is 2. The quantitative estimate of drug-likeness (QED) is 0.491. The molecule has 7 heteroatoms. The Balaban J connectivity index is 3.36. The van der Waals surface area contributed by atoms with Crippen molar-refractivity contribution in [3.8, 4) is 0 Å². The standard InChI is InChI=1S/C10H20N2O5/c1-8(9(13)14)12-10(15)11-4-7-17-6-3-5-16-2/h8H,3-7H2,1-2H3,(H,13,14)(H2,11,12,15). The van der Waals surface area contributed by atoms with Crippen molar-refractivity contribution in [1.82, 2.24) is 10.6 Å². The lowest BCUT2D eigenvalue weighted by Crippen LogP contribution is -2.45. The van der Waals surface area contributed by atoms with Crippen LogP contribution in [0.2, 0.25) is 0 Å². The lowest BCUT2D eigenvalue weighted by molar-refractivity contribution is -0.138. The topological polar surface area (TPSA) is 96.9 Å². The van der Waals surface area contributed by atoms with Gasteiger partial charge >= 0.3 is 12.0 Å². The third-order valence-electron chi connectivity index (χ3n) is 1.89. The number of aliphatic carboxylic acids is 1. The van der Waals surface area contributed by atoms with Crippen LogP contribution in [0.5, 0.6) is 0 Å². The molecule has 0 aliphatic carbocycles. The van der Waals surface area contributed by atoms with Gasteiger partial charge in [-0.15, -0.1) is 0 Å². The highest BCUT2D eigenvalue weighted by Gasteiger charge is 2.12. The van der Waals surface area contributed by atoms with Crippen molar-refractivity contribution in [3.05, 3.63) is 0 Å². The van der Waals surface area contributed by atoms with Crippen LogP contribution in [0.3, 0.4) is 0 Å². The molecule has 0 aliphatic heterocycles. The maximum absolute atomic E-state index is 11.1. The average Bonchev–Trinajstić information content (AvgIpc) is 2.27. The van der Waals surface area contributed by atoms with Gasteiger partial charge in [0.1, 0.15) is 6.04 Å². The lowest BCUT2D eigenvalue weighted by atomic mass is 10.3. The van der Waals surface area contributed by atoms with Crippen LogP contribution in [0, 0.1) is 0 Å². The molecule has 0 heterocycles. The Labute approximate surface area is 100 Å². The monoisotopic (exact) mass is 248 g/mol. The second kappa shape index (κ2) is 9.86. The van der Waals surface area contributed by atoms with Crippen molar-refractivity contribution in [2.45, 2.75) is 19.4 Å². The van der Waals surface area contributed by atoms with Gasteiger partial charge in [0.2, 0.25) is 0 Å². The van der Waals surface area contributed by atoms with E-state index in [0.29, 0.717) is 26.4 Å². The molecule has 0 aliphatic rings. The summed E-state index contributed by atoms with van der Waals surface area (Å²) in [5.74, 6) is -1.07. The molecule has 0 rings (SSSR count). The molecule has 17 heavy (non-hydrogen) atoms. The number of urea groups is 1. The van der Waals surface area contributed by atoms with Crippen molar-refractivity contribution in [2.24, 2.45) is 0 Å². The zero-order valence-electron chi connectivity index (χ0n) is 10.2. The highest BCUT2D eigenvalue weighted by molar-refractivity contribution is 5.82. The van der Waals surface area contributed by atoms with Crippen molar-refractivity contribution >= 4 is 12.0 Å². The van der Waals surface area contributed by atoms with Gasteiger partial charge in [0.05, 0.1) is 6.61 Å². The number of amides is 2. The summed E-state index contributed by atoms with van der Waals surface area (Å²) >= 11 is 0. The van der Waals surface area contributed by atoms with Crippen LogP contribution in [0.15, 0.2) is 0 Å². The molecule has 100 valence electrons. The summed E-state index contributed by atoms with van der Waals surface area (Å²) in [6, 6.07) is -1.42. The molecule has 0 fully saturated rings. The summed E-state index contributed by atoms with van der Waals surface area (Å²) in [7, 11) is 1.62. The first-order chi connectivity index (χ1) is 8.07. The SMILES string of the molecule is COCCCOCCNC(=O)NC(C)C(=O)O. The summed E-state index contributed by atoms with van der Waals surface area (Å²) in [5.41, 5.74) is 0. The van der Waals surface area contributed by atoms with Gasteiger partial charge in [-0.25, -0.2) is 4.79 Å². The number of hydrogen-bond donors (Lipinski definition) is 3. The van der Waals surface area contributed by atoms with Gasteiger partial charge in [0, 0.05) is 26.9 Å². The first kappa shape index (κ1) is 15.7. The van der Waals surface area contributed by atoms with Crippen molar-refractivity contribution in [2.75, 3.05) is 33.5 Å². The lowest BCUT2D eigenvalue weighted by Gasteiger charge is -2.10. The van der Waals surface area contributed by atoms with Crippen LogP contribution in [0.25, 0.3) is 0 Å². The Morgan fingerprint density at radius 1 is 1.29 bits per heavy atom. The third kappa shape index (κ3) is 9.58. The van der Waals surface area contributed by atoms with Gasteiger partial charge in [0.15, 0.2) is 0 Å². The summed E-state index contributed by atoms with van der Waals surface area (Å²) in [6.45, 7) is 3.33. The second-order valence-corrected chi connectivity index (χ2v) is 3.42. The molecule has 7 nitrogen and oxygen atoms in total. The van der Waals surface area contributed by atoms with Gasteiger partial charge in [-0.2, -0.15) is 0 Å². The Morgan fingerprint density at radius 2 is 2.00 bits per heavy atom. The van der Waals surface area contributed by atoms with Crippen LogP contribution < -0.4 is 10.6 Å². The van der Waals surface area contributed by atoms with Crippen LogP contribution >= 0.6 is 0 Å². The molecule has 1 unspecified atom stereocenters. The minimum atomic E-state index is -1.07. The highest BCUT2D eigenvalue weighted by atomic mass is 16.5. The molecule has 0 saturated heterocycles. The summed E-state index contributed by atoms with van der Waals surface area (Å²) < 4.78 is 10.0. The fraction of sp³-hybridized carbons (Fsp3) is 0.800. The molecule has 0 radical (unpaired) electrons. The van der Waals surface area contributed by atoms with Crippen molar-refractivity contribution in [3.63, 3.8) is 0 Å². The number of carboxylic acid groups (broad SMARTS) is 1. The summed E-state index contributed by atoms with van der Waals surface area (Å²) in [6.07, 6.45) is 0.804. The van der Waals surface area contributed by atoms with Gasteiger partial charge in [0.25, 0.3) is 0 Å². The fourth-order valence-corrected chi connectivity index (χ4v) is 0.954. The molecule has 1 atom stereocenters. The number of rotatable bonds is 9. The first-order valence-electron chi connectivity index (χ1n) is 5.41. The van der Waals surface area contributed by atoms with E-state index in [1.54, 1.807) is 7.11 Å². The van der Waals surface area contributed by atoms with E-state index in [-0.39, 0.29) is 0 Å². The molecule has 2 amide bonds. The molecule has 0 bridgehead atoms. The molecular weight excluding hydrogens is 228 g/mol. The van der Waals surface area contributed by atoms with E-state index in [0.717, 1.165) is 6.42 Å². The maximum Gasteiger partial charge on any atom is 0.325 e. The predicted octanol–water partition coefficient (Wildman–Crippen LogP) is -0.188. The molecular formula is C10H20N2O5. The van der Waals surface area contributed by atoms with E-state index in [9.17, 15) is 9.59 Å². The fourth-order valence-electron chi connectivity index (χ4n) is 0.954. The Morgan fingerprint density at radius 3 is 2.59 bits per heavy atom. The van der Waals surface area contributed by atoms with Crippen LogP contribution in [0.4, 0.5) is 4.79 Å². The van der Waals surface area contributed by atoms with Gasteiger partial charge in [-0.05, 0) is 13.3 Å². The molecule has 0 spiro atoms. The second-order valence-electron chi connectivity index (χ2n) is 3.42. The normalized spacial score (nSPS) is 11.9. The Kier molecular flexibility index (Phi) is 9.08. The van der Waals surface area contributed by atoms with Gasteiger partial charge in [-0.1, -0.05) is 0 Å². The van der Waals surface area contributed by atoms with Crippen molar-refractivity contribution < 1.29 is 24.2 Å². The van der Waals surface area contributed by atoms with Crippen LogP contribution in [-0.2, 0) is 14.3 Å². The van der Waals surface area contributed by atoms with Crippen LogP contribution in [0.1, 0.15) is 13.3 Å². The Hall–Kier alpha value is -1.34. The highest BCUT2D eigenvalue weighted by Crippen LogP contribution is 1.83. The number of carboxylic acids is 1. The number of hydrogen-bond acceptors (Lipinski definition) is 4. The largest absolute Gasteiger partial charge is 0.480 e. The predicted molar refractivity (Wildman–Crippen MR) is 60.9 cm³/mol. The zero-order valence-corrected chi connectivity index (χ0v) is 10.2. The van der Waals surface area contributed by atoms with E-state index in [2.05, 4.69) is 10.6 Å². The minimum absolute atomic E-state index is 0.338. The van der Waals surface area contributed by atoms with E-state index in [4.69, 9.17) is 14.6 Å². The smallest absolute Gasteiger partial charge is 0.325 e. The number of ether oxygens (including phenoxy) is 2. The van der Waals surface area contributed by atoms with Gasteiger partial charge in [-0.3, -0.25) is 4.79 Å². The molecule has 3 N–H and O–H groups in total. The van der Waals surface area contributed by atoms with Crippen LogP contribution in [-0.4, -0.2) is 56.6 Å². The van der Waals surface area contributed by atoms with E-state index < -0.39 is 18.0 Å². The summed E-state index contributed by atoms with van der Waals surface area (Å²) in [5, 5.41) is 13.3. The molecule has 0 saturated carbocycles. The number of methoxy groups -OCH3 is 1. The zero-order chi connectivity index (χ0) is 13.1. The molecule has 0 aromatic carbocycles. The average molecular weight is 248 g/mol. The first-order valence-corrected chi connectivity index (χ1v) is 5.41. The van der Waals surface area contributed by atoms with E-state index in [1.807, 2.05) is 0 Å². The van der Waals surface area contributed by atoms with E-state index in [1.165, 1.54) is 6.92 Å². The third-order valence-corrected chi connectivity index (χ3v) is 1.89. The van der Waals surface area contributed by atoms with Gasteiger partial charge < -0.3 is 25.2 Å². The number of nitrogens with one attached hydrogen (secondary N) is 2. The molecule has 0 aromatic rings. The number of carbonyl (C=O) groups excluding carboxylic acids is 1. The Bertz CT molecular complexity index is 235. The molecule has 0 aromatic heterocycles.